The molecule has 1 unspecified atom stereocenters. The lowest BCUT2D eigenvalue weighted by atomic mass is 10.1. The maximum Gasteiger partial charge on any atom is 0.0246 e. The lowest BCUT2D eigenvalue weighted by Gasteiger charge is -2.39. The van der Waals surface area contributed by atoms with Crippen molar-refractivity contribution in [3.63, 3.8) is 0 Å². The third-order valence-electron chi connectivity index (χ3n) is 4.08. The lowest BCUT2D eigenvalue weighted by Crippen LogP contribution is -2.50. The van der Waals surface area contributed by atoms with Crippen LogP contribution in [0.1, 0.15) is 24.5 Å². The van der Waals surface area contributed by atoms with Crippen LogP contribution in [0.25, 0.3) is 0 Å². The van der Waals surface area contributed by atoms with Gasteiger partial charge in [0.25, 0.3) is 0 Å². The van der Waals surface area contributed by atoms with Gasteiger partial charge < -0.3 is 10.6 Å². The number of benzene rings is 1. The number of piperazine rings is 1. The molecule has 2 rings (SSSR count). The Labute approximate surface area is 124 Å². The van der Waals surface area contributed by atoms with Gasteiger partial charge >= 0.3 is 0 Å². The molecule has 0 saturated carbocycles. The molecule has 0 bridgehead atoms. The zero-order valence-corrected chi connectivity index (χ0v) is 13.5. The Balaban J connectivity index is 2.01. The Morgan fingerprint density at radius 2 is 2.16 bits per heavy atom. The number of likely N-dealkylation sites (N-methyl/N-ethyl adjacent to an activating group) is 1. The van der Waals surface area contributed by atoms with Crippen molar-refractivity contribution in [3.05, 3.63) is 33.8 Å². The topological polar surface area (TPSA) is 32.5 Å². The van der Waals surface area contributed by atoms with Gasteiger partial charge in [-0.05, 0) is 30.7 Å². The molecular weight excluding hydrogens is 302 g/mol. The molecule has 1 heterocycles. The first-order valence-electron chi connectivity index (χ1n) is 7.04. The first-order chi connectivity index (χ1) is 9.13. The van der Waals surface area contributed by atoms with Crippen LogP contribution in [0.4, 0.5) is 0 Å². The van der Waals surface area contributed by atoms with Crippen LogP contribution >= 0.6 is 15.9 Å². The van der Waals surface area contributed by atoms with Crippen LogP contribution in [0, 0.1) is 0 Å². The first kappa shape index (κ1) is 15.0. The van der Waals surface area contributed by atoms with E-state index < -0.39 is 0 Å². The molecule has 0 radical (unpaired) electrons. The Hall–Kier alpha value is -0.420. The Morgan fingerprint density at radius 1 is 1.37 bits per heavy atom. The molecule has 1 atom stereocenters. The highest BCUT2D eigenvalue weighted by Gasteiger charge is 2.23. The van der Waals surface area contributed by atoms with Crippen LogP contribution in [0.2, 0.25) is 0 Å². The third-order valence-corrected chi connectivity index (χ3v) is 4.82. The fraction of sp³-hybridized carbons (Fsp3) is 0.600. The highest BCUT2D eigenvalue weighted by atomic mass is 79.9. The highest BCUT2D eigenvalue weighted by Crippen LogP contribution is 2.22. The minimum absolute atomic E-state index is 0.602. The average Bonchev–Trinajstić information content (AvgIpc) is 2.43. The fourth-order valence-corrected chi connectivity index (χ4v) is 3.23. The number of rotatable bonds is 4. The molecule has 2 N–H and O–H groups in total. The number of nitrogens with two attached hydrogens (primary N) is 1. The molecule has 1 aromatic rings. The molecule has 0 aromatic heterocycles. The van der Waals surface area contributed by atoms with E-state index in [1.807, 2.05) is 0 Å². The Kier molecular flexibility index (Phi) is 5.39. The van der Waals surface area contributed by atoms with Gasteiger partial charge in [0, 0.05) is 43.2 Å². The van der Waals surface area contributed by atoms with Gasteiger partial charge in [-0.3, -0.25) is 4.90 Å². The zero-order chi connectivity index (χ0) is 13.8. The summed E-state index contributed by atoms with van der Waals surface area (Å²) in [6.07, 6.45) is 1.22. The molecule has 3 nitrogen and oxygen atoms in total. The Morgan fingerprint density at radius 3 is 2.79 bits per heavy atom. The van der Waals surface area contributed by atoms with Crippen LogP contribution in [0.5, 0.6) is 0 Å². The molecule has 19 heavy (non-hydrogen) atoms. The minimum Gasteiger partial charge on any atom is -0.326 e. The van der Waals surface area contributed by atoms with E-state index in [4.69, 9.17) is 5.73 Å². The van der Waals surface area contributed by atoms with E-state index in [9.17, 15) is 0 Å². The molecule has 1 aliphatic rings. The second-order valence-corrected chi connectivity index (χ2v) is 6.26. The average molecular weight is 326 g/mol. The normalized spacial score (nSPS) is 21.8. The number of halogens is 1. The van der Waals surface area contributed by atoms with E-state index in [1.54, 1.807) is 0 Å². The SMILES string of the molecule is CCC1CN(Cc2ccc(CN)cc2Br)CCN1C. The summed E-state index contributed by atoms with van der Waals surface area (Å²) in [5.41, 5.74) is 8.21. The predicted molar refractivity (Wildman–Crippen MR) is 84.0 cm³/mol. The smallest absolute Gasteiger partial charge is 0.0246 e. The predicted octanol–water partition coefficient (Wildman–Crippen LogP) is 2.43. The van der Waals surface area contributed by atoms with Crippen LogP contribution in [0.15, 0.2) is 22.7 Å². The van der Waals surface area contributed by atoms with Crippen molar-refractivity contribution in [2.45, 2.75) is 32.5 Å². The van der Waals surface area contributed by atoms with Crippen molar-refractivity contribution >= 4 is 15.9 Å². The molecule has 4 heteroatoms. The van der Waals surface area contributed by atoms with Crippen molar-refractivity contribution < 1.29 is 0 Å². The largest absolute Gasteiger partial charge is 0.326 e. The number of nitrogens with zero attached hydrogens (tertiary/aromatic N) is 2. The molecule has 0 amide bonds. The van der Waals surface area contributed by atoms with Crippen molar-refractivity contribution in [1.29, 1.82) is 0 Å². The molecule has 0 spiro atoms. The van der Waals surface area contributed by atoms with Crippen LogP contribution in [0.3, 0.4) is 0 Å². The summed E-state index contributed by atoms with van der Waals surface area (Å²) in [7, 11) is 2.23. The van der Waals surface area contributed by atoms with Gasteiger partial charge in [0.15, 0.2) is 0 Å². The minimum atomic E-state index is 0.602. The summed E-state index contributed by atoms with van der Waals surface area (Å²) in [4.78, 5) is 5.03. The van der Waals surface area contributed by atoms with Gasteiger partial charge in [0.05, 0.1) is 0 Å². The van der Waals surface area contributed by atoms with Crippen LogP contribution in [-0.2, 0) is 13.1 Å². The van der Waals surface area contributed by atoms with Gasteiger partial charge in [0.2, 0.25) is 0 Å². The molecule has 1 aliphatic heterocycles. The summed E-state index contributed by atoms with van der Waals surface area (Å²) in [6.45, 7) is 7.38. The van der Waals surface area contributed by atoms with Gasteiger partial charge in [-0.1, -0.05) is 35.0 Å². The summed E-state index contributed by atoms with van der Waals surface area (Å²) >= 11 is 3.67. The zero-order valence-electron chi connectivity index (χ0n) is 11.9. The standard InChI is InChI=1S/C15H24BrN3/c1-3-14-11-19(7-6-18(14)2)10-13-5-4-12(9-17)8-15(13)16/h4-5,8,14H,3,6-7,9-11,17H2,1-2H3. The molecule has 0 aliphatic carbocycles. The highest BCUT2D eigenvalue weighted by molar-refractivity contribution is 9.10. The molecule has 1 saturated heterocycles. The maximum absolute atomic E-state index is 5.67. The van der Waals surface area contributed by atoms with Crippen molar-refractivity contribution in [2.75, 3.05) is 26.7 Å². The van der Waals surface area contributed by atoms with E-state index in [2.05, 4.69) is 57.9 Å². The van der Waals surface area contributed by atoms with E-state index in [-0.39, 0.29) is 0 Å². The monoisotopic (exact) mass is 325 g/mol. The van der Waals surface area contributed by atoms with Crippen molar-refractivity contribution in [3.8, 4) is 0 Å². The quantitative estimate of drug-likeness (QED) is 0.922. The Bertz CT molecular complexity index is 422. The second-order valence-electron chi connectivity index (χ2n) is 5.41. The van der Waals surface area contributed by atoms with E-state index in [0.717, 1.165) is 26.2 Å². The van der Waals surface area contributed by atoms with Gasteiger partial charge in [-0.25, -0.2) is 0 Å². The lowest BCUT2D eigenvalue weighted by molar-refractivity contribution is 0.0882. The van der Waals surface area contributed by atoms with Crippen molar-refractivity contribution in [1.82, 2.24) is 9.80 Å². The summed E-state index contributed by atoms with van der Waals surface area (Å²) in [5.74, 6) is 0. The van der Waals surface area contributed by atoms with Crippen molar-refractivity contribution in [2.24, 2.45) is 5.73 Å². The van der Waals surface area contributed by atoms with E-state index in [1.165, 1.54) is 22.0 Å². The van der Waals surface area contributed by atoms with Gasteiger partial charge in [0.1, 0.15) is 0 Å². The van der Waals surface area contributed by atoms with E-state index in [0.29, 0.717) is 12.6 Å². The summed E-state index contributed by atoms with van der Waals surface area (Å²) in [6, 6.07) is 7.16. The number of hydrogen-bond acceptors (Lipinski definition) is 3. The molecule has 1 fully saturated rings. The first-order valence-corrected chi connectivity index (χ1v) is 7.83. The fourth-order valence-electron chi connectivity index (χ4n) is 2.68. The summed E-state index contributed by atoms with van der Waals surface area (Å²) < 4.78 is 1.18. The maximum atomic E-state index is 5.67. The molecule has 1 aromatic carbocycles. The summed E-state index contributed by atoms with van der Waals surface area (Å²) in [5, 5.41) is 0. The van der Waals surface area contributed by atoms with Gasteiger partial charge in [-0.2, -0.15) is 0 Å². The third kappa shape index (κ3) is 3.78. The van der Waals surface area contributed by atoms with Crippen LogP contribution in [-0.4, -0.2) is 42.5 Å². The molecule has 106 valence electrons. The van der Waals surface area contributed by atoms with Gasteiger partial charge in [-0.15, -0.1) is 0 Å². The number of hydrogen-bond donors (Lipinski definition) is 1. The van der Waals surface area contributed by atoms with Crippen LogP contribution < -0.4 is 5.73 Å². The second kappa shape index (κ2) is 6.84. The van der Waals surface area contributed by atoms with E-state index >= 15 is 0 Å². The molecular formula is C15H24BrN3.